The van der Waals surface area contributed by atoms with Crippen molar-refractivity contribution < 1.29 is 13.9 Å². The monoisotopic (exact) mass is 448 g/mol. The molecule has 0 saturated carbocycles. The average Bonchev–Trinajstić information content (AvgIpc) is 3.13. The molecule has 9 heteroatoms. The Morgan fingerprint density at radius 1 is 1.27 bits per heavy atom. The van der Waals surface area contributed by atoms with Crippen molar-refractivity contribution >= 4 is 35.0 Å². The highest BCUT2D eigenvalue weighted by atomic mass is 35.5. The Balaban J connectivity index is 1.64. The van der Waals surface area contributed by atoms with Crippen LogP contribution < -0.4 is 10.1 Å². The third kappa shape index (κ3) is 5.52. The molecule has 1 amide bonds. The number of hydrogen-bond acceptors (Lipinski definition) is 5. The maximum Gasteiger partial charge on any atom is 0.234 e. The third-order valence-electron chi connectivity index (χ3n) is 4.29. The number of thioether (sulfide) groups is 1. The van der Waals surface area contributed by atoms with Crippen molar-refractivity contribution in [1.82, 2.24) is 14.8 Å². The summed E-state index contributed by atoms with van der Waals surface area (Å²) in [4.78, 5) is 12.3. The van der Waals surface area contributed by atoms with Crippen molar-refractivity contribution in [2.75, 3.05) is 11.1 Å². The summed E-state index contributed by atoms with van der Waals surface area (Å²) in [5, 5.41) is 12.1. The van der Waals surface area contributed by atoms with Crippen LogP contribution in [0.3, 0.4) is 0 Å². The van der Waals surface area contributed by atoms with Crippen LogP contribution in [0, 0.1) is 12.7 Å². The summed E-state index contributed by atoms with van der Waals surface area (Å²) in [5.74, 6) is 0.602. The van der Waals surface area contributed by atoms with Crippen molar-refractivity contribution in [3.8, 4) is 5.75 Å². The molecule has 3 rings (SSSR count). The lowest BCUT2D eigenvalue weighted by molar-refractivity contribution is -0.113. The Morgan fingerprint density at radius 2 is 2.00 bits per heavy atom. The number of nitrogens with zero attached hydrogens (tertiary/aromatic N) is 3. The van der Waals surface area contributed by atoms with Crippen LogP contribution in [0.4, 0.5) is 10.1 Å². The maximum absolute atomic E-state index is 13.2. The molecule has 0 aliphatic carbocycles. The van der Waals surface area contributed by atoms with Crippen LogP contribution in [-0.4, -0.2) is 26.4 Å². The number of anilines is 1. The van der Waals surface area contributed by atoms with Crippen LogP contribution in [0.25, 0.3) is 0 Å². The number of rotatable bonds is 8. The van der Waals surface area contributed by atoms with Gasteiger partial charge in [-0.15, -0.1) is 10.2 Å². The summed E-state index contributed by atoms with van der Waals surface area (Å²) in [6, 6.07) is 11.6. The smallest absolute Gasteiger partial charge is 0.234 e. The van der Waals surface area contributed by atoms with Gasteiger partial charge in [0.15, 0.2) is 17.1 Å². The molecule has 0 aliphatic rings. The SMILES string of the molecule is CCn1c(SCC(=O)Nc2ccc(C)cc2)nnc1C(C)Oc1ccc(F)cc1Cl. The molecule has 1 heterocycles. The van der Waals surface area contributed by atoms with Crippen molar-refractivity contribution in [2.24, 2.45) is 0 Å². The predicted molar refractivity (Wildman–Crippen MR) is 117 cm³/mol. The second kappa shape index (κ2) is 9.95. The van der Waals surface area contributed by atoms with E-state index in [0.29, 0.717) is 23.3 Å². The van der Waals surface area contributed by atoms with E-state index >= 15 is 0 Å². The number of hydrogen-bond donors (Lipinski definition) is 1. The first-order valence-corrected chi connectivity index (χ1v) is 10.8. The zero-order valence-electron chi connectivity index (χ0n) is 16.9. The molecule has 30 heavy (non-hydrogen) atoms. The van der Waals surface area contributed by atoms with E-state index in [-0.39, 0.29) is 16.7 Å². The van der Waals surface area contributed by atoms with E-state index in [1.807, 2.05) is 49.6 Å². The number of benzene rings is 2. The van der Waals surface area contributed by atoms with Gasteiger partial charge in [0.05, 0.1) is 10.8 Å². The molecule has 0 spiro atoms. The Morgan fingerprint density at radius 3 is 2.67 bits per heavy atom. The average molecular weight is 449 g/mol. The van der Waals surface area contributed by atoms with Crippen LogP contribution in [0.2, 0.25) is 5.02 Å². The van der Waals surface area contributed by atoms with Gasteiger partial charge in [-0.05, 0) is 51.1 Å². The van der Waals surface area contributed by atoms with E-state index in [2.05, 4.69) is 15.5 Å². The maximum atomic E-state index is 13.2. The predicted octanol–water partition coefficient (Wildman–Crippen LogP) is 5.27. The summed E-state index contributed by atoms with van der Waals surface area (Å²) in [6.07, 6.45) is -0.462. The Bertz CT molecular complexity index is 1030. The molecule has 1 atom stereocenters. The van der Waals surface area contributed by atoms with Gasteiger partial charge in [-0.1, -0.05) is 41.1 Å². The standard InChI is InChI=1S/C21H22ClFN4O2S/c1-4-27-20(14(3)29-18-10-7-15(23)11-17(18)22)25-26-21(27)30-12-19(28)24-16-8-5-13(2)6-9-16/h5-11,14H,4,12H2,1-3H3,(H,24,28). The quantitative estimate of drug-likeness (QED) is 0.475. The third-order valence-corrected chi connectivity index (χ3v) is 5.55. The highest BCUT2D eigenvalue weighted by Crippen LogP contribution is 2.30. The van der Waals surface area contributed by atoms with Crippen molar-refractivity contribution in [3.05, 3.63) is 64.7 Å². The number of nitrogens with one attached hydrogen (secondary N) is 1. The highest BCUT2D eigenvalue weighted by molar-refractivity contribution is 7.99. The number of amides is 1. The number of halogens is 2. The Kier molecular flexibility index (Phi) is 7.33. The molecule has 158 valence electrons. The molecule has 2 aromatic carbocycles. The summed E-state index contributed by atoms with van der Waals surface area (Å²) in [7, 11) is 0. The van der Waals surface area contributed by atoms with E-state index in [0.717, 1.165) is 11.3 Å². The number of carbonyl (C=O) groups excluding carboxylic acids is 1. The minimum atomic E-state index is -0.462. The van der Waals surface area contributed by atoms with Crippen LogP contribution in [-0.2, 0) is 11.3 Å². The molecule has 1 N–H and O–H groups in total. The lowest BCUT2D eigenvalue weighted by atomic mass is 10.2. The van der Waals surface area contributed by atoms with Gasteiger partial charge in [-0.3, -0.25) is 4.79 Å². The van der Waals surface area contributed by atoms with Gasteiger partial charge in [0.1, 0.15) is 11.6 Å². The summed E-state index contributed by atoms with van der Waals surface area (Å²) < 4.78 is 21.0. The number of carbonyl (C=O) groups is 1. The first-order chi connectivity index (χ1) is 14.4. The highest BCUT2D eigenvalue weighted by Gasteiger charge is 2.20. The van der Waals surface area contributed by atoms with Crippen LogP contribution in [0.15, 0.2) is 47.6 Å². The second-order valence-corrected chi connectivity index (χ2v) is 7.97. The fraction of sp³-hybridized carbons (Fsp3) is 0.286. The minimum Gasteiger partial charge on any atom is -0.481 e. The van der Waals surface area contributed by atoms with Crippen LogP contribution in [0.5, 0.6) is 5.75 Å². The van der Waals surface area contributed by atoms with Gasteiger partial charge in [0.2, 0.25) is 5.91 Å². The van der Waals surface area contributed by atoms with E-state index in [4.69, 9.17) is 16.3 Å². The Hall–Kier alpha value is -2.58. The fourth-order valence-corrected chi connectivity index (χ4v) is 3.80. The van der Waals surface area contributed by atoms with Gasteiger partial charge in [-0.25, -0.2) is 4.39 Å². The molecule has 3 aromatic rings. The molecule has 6 nitrogen and oxygen atoms in total. The van der Waals surface area contributed by atoms with E-state index in [9.17, 15) is 9.18 Å². The van der Waals surface area contributed by atoms with Crippen molar-refractivity contribution in [2.45, 2.75) is 38.6 Å². The van der Waals surface area contributed by atoms with Gasteiger partial charge in [0.25, 0.3) is 0 Å². The molecular weight excluding hydrogens is 427 g/mol. The molecule has 0 aliphatic heterocycles. The fourth-order valence-electron chi connectivity index (χ4n) is 2.78. The van der Waals surface area contributed by atoms with Crippen molar-refractivity contribution in [1.29, 1.82) is 0 Å². The molecule has 1 aromatic heterocycles. The molecule has 0 fully saturated rings. The zero-order chi connectivity index (χ0) is 21.7. The molecule has 0 saturated heterocycles. The van der Waals surface area contributed by atoms with E-state index in [1.54, 1.807) is 0 Å². The Labute approximate surface area is 183 Å². The van der Waals surface area contributed by atoms with Crippen LogP contribution in [0.1, 0.15) is 31.3 Å². The van der Waals surface area contributed by atoms with Crippen LogP contribution >= 0.6 is 23.4 Å². The largest absolute Gasteiger partial charge is 0.481 e. The number of aryl methyl sites for hydroxylation is 1. The minimum absolute atomic E-state index is 0.126. The van der Waals surface area contributed by atoms with Crippen molar-refractivity contribution in [3.63, 3.8) is 0 Å². The van der Waals surface area contributed by atoms with E-state index in [1.165, 1.54) is 30.0 Å². The van der Waals surface area contributed by atoms with Gasteiger partial charge in [0, 0.05) is 12.2 Å². The summed E-state index contributed by atoms with van der Waals surface area (Å²) in [5.41, 5.74) is 1.88. The molecule has 0 bridgehead atoms. The van der Waals surface area contributed by atoms with E-state index < -0.39 is 11.9 Å². The first kappa shape index (κ1) is 22.1. The molecule has 0 radical (unpaired) electrons. The summed E-state index contributed by atoms with van der Waals surface area (Å²) in [6.45, 7) is 6.37. The lowest BCUT2D eigenvalue weighted by Gasteiger charge is -2.16. The summed E-state index contributed by atoms with van der Waals surface area (Å²) >= 11 is 7.34. The normalized spacial score (nSPS) is 11.9. The van der Waals surface area contributed by atoms with Gasteiger partial charge >= 0.3 is 0 Å². The number of aromatic nitrogens is 3. The van der Waals surface area contributed by atoms with Gasteiger partial charge < -0.3 is 14.6 Å². The second-order valence-electron chi connectivity index (χ2n) is 6.62. The molecular formula is C21H22ClFN4O2S. The topological polar surface area (TPSA) is 69.0 Å². The zero-order valence-corrected chi connectivity index (χ0v) is 18.4. The number of ether oxygens (including phenoxy) is 1. The first-order valence-electron chi connectivity index (χ1n) is 9.41. The molecule has 1 unspecified atom stereocenters. The lowest BCUT2D eigenvalue weighted by Crippen LogP contribution is -2.15. The van der Waals surface area contributed by atoms with Gasteiger partial charge in [-0.2, -0.15) is 0 Å².